The number of aromatic amines is 1. The predicted octanol–water partition coefficient (Wildman–Crippen LogP) is 3.14. The van der Waals surface area contributed by atoms with E-state index in [9.17, 15) is 5.11 Å². The first-order chi connectivity index (χ1) is 9.17. The fourth-order valence-electron chi connectivity index (χ4n) is 1.77. The first-order valence-electron chi connectivity index (χ1n) is 5.42. The lowest BCUT2D eigenvalue weighted by molar-refractivity contribution is 0.453. The Hall–Kier alpha value is -1.79. The van der Waals surface area contributed by atoms with Gasteiger partial charge in [0.1, 0.15) is 5.69 Å². The van der Waals surface area contributed by atoms with E-state index < -0.39 is 0 Å². The van der Waals surface area contributed by atoms with Crippen LogP contribution in [-0.2, 0) is 0 Å². The van der Waals surface area contributed by atoms with Gasteiger partial charge in [-0.2, -0.15) is 4.98 Å². The molecular weight excluding hydrogens is 284 g/mol. The fourth-order valence-corrected chi connectivity index (χ4v) is 2.32. The van der Waals surface area contributed by atoms with Crippen LogP contribution in [0.25, 0.3) is 11.6 Å². The van der Waals surface area contributed by atoms with Gasteiger partial charge in [-0.25, -0.2) is 9.98 Å². The van der Waals surface area contributed by atoms with Crippen LogP contribution in [0.5, 0.6) is 5.88 Å². The molecule has 5 nitrogen and oxygen atoms in total. The molecule has 3 rings (SSSR count). The molecule has 0 aromatic carbocycles. The van der Waals surface area contributed by atoms with Crippen molar-refractivity contribution in [2.45, 2.75) is 5.16 Å². The molecule has 1 aliphatic heterocycles. The van der Waals surface area contributed by atoms with E-state index in [2.05, 4.69) is 19.9 Å². The molecule has 19 heavy (non-hydrogen) atoms. The smallest absolute Gasteiger partial charge is 0.237 e. The highest BCUT2D eigenvalue weighted by Gasteiger charge is 2.15. The Kier molecular flexibility index (Phi) is 3.04. The van der Waals surface area contributed by atoms with Gasteiger partial charge in [0.25, 0.3) is 0 Å². The number of aromatic nitrogens is 3. The lowest BCUT2D eigenvalue weighted by Gasteiger charge is -1.99. The van der Waals surface area contributed by atoms with E-state index in [1.807, 2.05) is 6.26 Å². The monoisotopic (exact) mass is 292 g/mol. The number of thioether (sulfide) groups is 1. The molecule has 0 fully saturated rings. The second-order valence-corrected chi connectivity index (χ2v) is 5.10. The lowest BCUT2D eigenvalue weighted by Crippen LogP contribution is -1.83. The van der Waals surface area contributed by atoms with E-state index >= 15 is 0 Å². The van der Waals surface area contributed by atoms with Crippen molar-refractivity contribution in [3.63, 3.8) is 0 Å². The molecule has 3 heterocycles. The van der Waals surface area contributed by atoms with Crippen LogP contribution in [0.15, 0.2) is 22.4 Å². The number of hydrogen-bond donors (Lipinski definition) is 2. The van der Waals surface area contributed by atoms with Crippen molar-refractivity contribution in [3.8, 4) is 5.88 Å². The van der Waals surface area contributed by atoms with Crippen LogP contribution >= 0.6 is 23.4 Å². The molecule has 0 saturated heterocycles. The van der Waals surface area contributed by atoms with Gasteiger partial charge in [-0.05, 0) is 18.4 Å². The summed E-state index contributed by atoms with van der Waals surface area (Å²) in [6, 6.07) is 1.80. The molecule has 0 saturated carbocycles. The van der Waals surface area contributed by atoms with Crippen molar-refractivity contribution in [2.24, 2.45) is 4.99 Å². The van der Waals surface area contributed by atoms with E-state index in [0.717, 1.165) is 11.1 Å². The minimum Gasteiger partial charge on any atom is -0.492 e. The highest BCUT2D eigenvalue weighted by Crippen LogP contribution is 2.33. The van der Waals surface area contributed by atoms with Crippen molar-refractivity contribution in [1.82, 2.24) is 15.0 Å². The molecule has 2 aromatic heterocycles. The number of hydrogen-bond acceptors (Lipinski definition) is 5. The zero-order valence-corrected chi connectivity index (χ0v) is 11.5. The number of aliphatic imine (C=N–C) groups is 1. The maximum absolute atomic E-state index is 9.74. The molecule has 0 spiro atoms. The molecule has 0 unspecified atom stereocenters. The number of allylic oxidation sites excluding steroid dienone is 1. The largest absolute Gasteiger partial charge is 0.492 e. The summed E-state index contributed by atoms with van der Waals surface area (Å²) >= 11 is 7.36. The van der Waals surface area contributed by atoms with Crippen molar-refractivity contribution in [2.75, 3.05) is 6.26 Å². The number of H-pyrrole nitrogens is 1. The fraction of sp³-hybridized carbons (Fsp3) is 0.0833. The highest BCUT2D eigenvalue weighted by atomic mass is 35.5. The van der Waals surface area contributed by atoms with Crippen LogP contribution in [0, 0.1) is 0 Å². The number of rotatable bonds is 2. The van der Waals surface area contributed by atoms with Crippen LogP contribution in [0.3, 0.4) is 0 Å². The van der Waals surface area contributed by atoms with Crippen LogP contribution in [0.2, 0.25) is 5.02 Å². The van der Waals surface area contributed by atoms with Crippen LogP contribution in [0.4, 0.5) is 5.82 Å². The number of fused-ring (bicyclic) bond motifs is 1. The Balaban J connectivity index is 2.05. The molecule has 0 aliphatic carbocycles. The third-order valence-corrected chi connectivity index (χ3v) is 3.44. The summed E-state index contributed by atoms with van der Waals surface area (Å²) < 4.78 is 0. The summed E-state index contributed by atoms with van der Waals surface area (Å²) in [6.07, 6.45) is 6.90. The SMILES string of the molecule is CSc1nc(O)c(/C=C2/C=Nc3ncc(Cl)cc32)[nH]1. The van der Waals surface area contributed by atoms with Crippen LogP contribution in [0.1, 0.15) is 11.3 Å². The minimum absolute atomic E-state index is 0.0336. The van der Waals surface area contributed by atoms with Crippen LogP contribution in [-0.4, -0.2) is 32.5 Å². The topological polar surface area (TPSA) is 74.2 Å². The van der Waals surface area contributed by atoms with Gasteiger partial charge in [0, 0.05) is 23.5 Å². The maximum Gasteiger partial charge on any atom is 0.237 e. The van der Waals surface area contributed by atoms with Crippen molar-refractivity contribution < 1.29 is 5.11 Å². The molecular formula is C12H9ClN4OS. The first kappa shape index (κ1) is 12.3. The van der Waals surface area contributed by atoms with E-state index in [1.165, 1.54) is 11.8 Å². The summed E-state index contributed by atoms with van der Waals surface area (Å²) in [6.45, 7) is 0. The lowest BCUT2D eigenvalue weighted by atomic mass is 10.1. The second kappa shape index (κ2) is 4.71. The summed E-state index contributed by atoms with van der Waals surface area (Å²) in [5, 5.41) is 10.9. The highest BCUT2D eigenvalue weighted by molar-refractivity contribution is 7.98. The van der Waals surface area contributed by atoms with E-state index in [4.69, 9.17) is 11.6 Å². The zero-order chi connectivity index (χ0) is 13.4. The minimum atomic E-state index is -0.0336. The Labute approximate surface area is 118 Å². The number of halogens is 1. The van der Waals surface area contributed by atoms with Crippen molar-refractivity contribution in [3.05, 3.63) is 28.5 Å². The third-order valence-electron chi connectivity index (χ3n) is 2.65. The summed E-state index contributed by atoms with van der Waals surface area (Å²) in [5.41, 5.74) is 2.21. The zero-order valence-electron chi connectivity index (χ0n) is 9.88. The molecule has 0 atom stereocenters. The average Bonchev–Trinajstić information content (AvgIpc) is 2.95. The van der Waals surface area contributed by atoms with Gasteiger partial charge < -0.3 is 10.1 Å². The molecule has 0 amide bonds. The third kappa shape index (κ3) is 2.24. The number of nitrogens with one attached hydrogen (secondary N) is 1. The van der Waals surface area contributed by atoms with Crippen LogP contribution < -0.4 is 0 Å². The number of aromatic hydroxyl groups is 1. The number of nitrogens with zero attached hydrogens (tertiary/aromatic N) is 3. The molecule has 0 radical (unpaired) electrons. The van der Waals surface area contributed by atoms with Gasteiger partial charge in [0.2, 0.25) is 5.88 Å². The van der Waals surface area contributed by atoms with E-state index in [-0.39, 0.29) is 5.88 Å². The summed E-state index contributed by atoms with van der Waals surface area (Å²) in [7, 11) is 0. The molecule has 0 bridgehead atoms. The molecule has 1 aliphatic rings. The molecule has 96 valence electrons. The molecule has 7 heteroatoms. The van der Waals surface area contributed by atoms with Crippen molar-refractivity contribution in [1.29, 1.82) is 0 Å². The molecule has 2 aromatic rings. The van der Waals surface area contributed by atoms with Gasteiger partial charge in [-0.3, -0.25) is 0 Å². The Morgan fingerprint density at radius 3 is 3.05 bits per heavy atom. The van der Waals surface area contributed by atoms with Gasteiger partial charge in [0.15, 0.2) is 11.0 Å². The Morgan fingerprint density at radius 1 is 1.47 bits per heavy atom. The van der Waals surface area contributed by atoms with Gasteiger partial charge in [0.05, 0.1) is 5.02 Å². The normalized spacial score (nSPS) is 15.2. The number of imidazole rings is 1. The number of pyridine rings is 1. The Bertz CT molecular complexity index is 708. The van der Waals surface area contributed by atoms with Crippen molar-refractivity contribution >= 4 is 47.0 Å². The first-order valence-corrected chi connectivity index (χ1v) is 7.02. The average molecular weight is 293 g/mol. The summed E-state index contributed by atoms with van der Waals surface area (Å²) in [4.78, 5) is 15.3. The van der Waals surface area contributed by atoms with E-state index in [1.54, 1.807) is 24.6 Å². The van der Waals surface area contributed by atoms with E-state index in [0.29, 0.717) is 21.7 Å². The quantitative estimate of drug-likeness (QED) is 0.834. The molecule has 2 N–H and O–H groups in total. The Morgan fingerprint density at radius 2 is 2.32 bits per heavy atom. The maximum atomic E-state index is 9.74. The standard InChI is InChI=1S/C12H9ClN4OS/c1-19-12-16-9(11(18)17-12)2-6-4-14-10-8(6)3-7(13)5-15-10/h2-5,18H,1H3,(H,16,17)/b6-2-. The van der Waals surface area contributed by atoms with Gasteiger partial charge >= 0.3 is 0 Å². The van der Waals surface area contributed by atoms with Gasteiger partial charge in [-0.1, -0.05) is 23.4 Å². The predicted molar refractivity (Wildman–Crippen MR) is 77.3 cm³/mol. The summed E-state index contributed by atoms with van der Waals surface area (Å²) in [5.74, 6) is 0.591. The second-order valence-electron chi connectivity index (χ2n) is 3.87. The van der Waals surface area contributed by atoms with Gasteiger partial charge in [-0.15, -0.1) is 0 Å².